The number of anilines is 1. The molecular weight excluding hydrogens is 284 g/mol. The number of carbonyl (C=O) groups is 1. The second kappa shape index (κ2) is 5.44. The minimum atomic E-state index is -0.809. The van der Waals surface area contributed by atoms with Crippen molar-refractivity contribution in [3.63, 3.8) is 0 Å². The molecule has 7 heteroatoms. The van der Waals surface area contributed by atoms with Gasteiger partial charge in [0, 0.05) is 12.0 Å². The summed E-state index contributed by atoms with van der Waals surface area (Å²) in [5.41, 5.74) is 6.77. The lowest BCUT2D eigenvalue weighted by molar-refractivity contribution is -0.125. The van der Waals surface area contributed by atoms with E-state index in [1.807, 2.05) is 6.07 Å². The van der Waals surface area contributed by atoms with E-state index in [4.69, 9.17) is 15.7 Å². The van der Waals surface area contributed by atoms with Gasteiger partial charge in [-0.2, -0.15) is 10.3 Å². The first-order valence-electron chi connectivity index (χ1n) is 6.54. The lowest BCUT2D eigenvalue weighted by Crippen LogP contribution is -2.47. The molecule has 2 heterocycles. The maximum atomic E-state index is 11.6. The molecule has 0 spiro atoms. The zero-order valence-corrected chi connectivity index (χ0v) is 11.4. The van der Waals surface area contributed by atoms with Crippen LogP contribution in [-0.4, -0.2) is 22.1 Å². The van der Waals surface area contributed by atoms with Gasteiger partial charge in [-0.25, -0.2) is 4.98 Å². The van der Waals surface area contributed by atoms with Crippen molar-refractivity contribution >= 4 is 11.7 Å². The Kier molecular flexibility index (Phi) is 3.47. The van der Waals surface area contributed by atoms with Crippen LogP contribution in [0.3, 0.4) is 0 Å². The number of nitrogens with two attached hydrogens (primary N) is 1. The maximum absolute atomic E-state index is 11.6. The van der Waals surface area contributed by atoms with Crippen LogP contribution in [0.4, 0.5) is 5.82 Å². The van der Waals surface area contributed by atoms with Crippen molar-refractivity contribution in [1.82, 2.24) is 4.98 Å². The number of amides is 1. The SMILES string of the molecule is N#Cc1cccc(Oc2cnc3c(c2)C[C@H](N)C(=O)N3O)c1. The Labute approximate surface area is 126 Å². The highest BCUT2D eigenvalue weighted by molar-refractivity contribution is 5.97. The Bertz CT molecular complexity index is 785. The number of rotatable bonds is 2. The highest BCUT2D eigenvalue weighted by atomic mass is 16.5. The number of nitrogens with zero attached hydrogens (tertiary/aromatic N) is 3. The van der Waals surface area contributed by atoms with Crippen molar-refractivity contribution in [2.45, 2.75) is 12.5 Å². The molecule has 0 radical (unpaired) electrons. The molecule has 0 fully saturated rings. The van der Waals surface area contributed by atoms with Crippen LogP contribution in [0.2, 0.25) is 0 Å². The monoisotopic (exact) mass is 296 g/mol. The van der Waals surface area contributed by atoms with Crippen LogP contribution in [0.1, 0.15) is 11.1 Å². The fourth-order valence-electron chi connectivity index (χ4n) is 2.23. The number of benzene rings is 1. The van der Waals surface area contributed by atoms with Crippen molar-refractivity contribution in [1.29, 1.82) is 5.26 Å². The number of hydroxylamine groups is 1. The largest absolute Gasteiger partial charge is 0.456 e. The summed E-state index contributed by atoms with van der Waals surface area (Å²) < 4.78 is 5.64. The number of ether oxygens (including phenoxy) is 1. The highest BCUT2D eigenvalue weighted by Gasteiger charge is 2.31. The van der Waals surface area contributed by atoms with Crippen LogP contribution in [0, 0.1) is 11.3 Å². The standard InChI is InChI=1S/C15H12N4O3/c16-7-9-2-1-3-11(4-9)22-12-5-10-6-13(17)15(20)19(21)14(10)18-8-12/h1-5,8,13,21H,6,17H2/t13-/m0/s1. The Morgan fingerprint density at radius 1 is 1.41 bits per heavy atom. The fraction of sp³-hybridized carbons (Fsp3) is 0.133. The first-order valence-corrected chi connectivity index (χ1v) is 6.54. The van der Waals surface area contributed by atoms with Gasteiger partial charge >= 0.3 is 0 Å². The topological polar surface area (TPSA) is 112 Å². The van der Waals surface area contributed by atoms with Crippen molar-refractivity contribution in [3.05, 3.63) is 47.7 Å². The van der Waals surface area contributed by atoms with Gasteiger partial charge in [0.05, 0.1) is 23.9 Å². The summed E-state index contributed by atoms with van der Waals surface area (Å²) in [6, 6.07) is 9.59. The number of pyridine rings is 1. The Morgan fingerprint density at radius 3 is 3.00 bits per heavy atom. The molecule has 3 rings (SSSR count). The van der Waals surface area contributed by atoms with Crippen LogP contribution in [-0.2, 0) is 11.2 Å². The molecule has 1 aliphatic heterocycles. The van der Waals surface area contributed by atoms with Crippen LogP contribution in [0.5, 0.6) is 11.5 Å². The third-order valence-electron chi connectivity index (χ3n) is 3.28. The summed E-state index contributed by atoms with van der Waals surface area (Å²) in [5, 5.41) is 19.0. The van der Waals surface area contributed by atoms with E-state index < -0.39 is 11.9 Å². The van der Waals surface area contributed by atoms with Gasteiger partial charge in [0.25, 0.3) is 5.91 Å². The average molecular weight is 296 g/mol. The number of hydrogen-bond acceptors (Lipinski definition) is 6. The van der Waals surface area contributed by atoms with Crippen LogP contribution in [0.15, 0.2) is 36.5 Å². The summed E-state index contributed by atoms with van der Waals surface area (Å²) in [6.45, 7) is 0. The molecule has 2 aromatic rings. The minimum Gasteiger partial charge on any atom is -0.456 e. The lowest BCUT2D eigenvalue weighted by Gasteiger charge is -2.26. The number of fused-ring (bicyclic) bond motifs is 1. The molecule has 1 aromatic heterocycles. The second-order valence-corrected chi connectivity index (χ2v) is 4.86. The van der Waals surface area contributed by atoms with E-state index in [2.05, 4.69) is 4.98 Å². The zero-order valence-electron chi connectivity index (χ0n) is 11.4. The molecule has 1 aromatic carbocycles. The summed E-state index contributed by atoms with van der Waals surface area (Å²) >= 11 is 0. The van der Waals surface area contributed by atoms with Crippen LogP contribution >= 0.6 is 0 Å². The van der Waals surface area contributed by atoms with E-state index in [1.54, 1.807) is 30.3 Å². The molecule has 1 atom stereocenters. The smallest absolute Gasteiger partial charge is 0.269 e. The normalized spacial score (nSPS) is 16.9. The Morgan fingerprint density at radius 2 is 2.23 bits per heavy atom. The number of nitriles is 1. The first kappa shape index (κ1) is 14.0. The van der Waals surface area contributed by atoms with Gasteiger partial charge in [-0.15, -0.1) is 0 Å². The molecular formula is C15H12N4O3. The third kappa shape index (κ3) is 2.48. The lowest BCUT2D eigenvalue weighted by atomic mass is 10.0. The van der Waals surface area contributed by atoms with Gasteiger partial charge in [-0.1, -0.05) is 6.07 Å². The van der Waals surface area contributed by atoms with E-state index >= 15 is 0 Å². The van der Waals surface area contributed by atoms with Crippen LogP contribution < -0.4 is 15.5 Å². The quantitative estimate of drug-likeness (QED) is 0.809. The zero-order chi connectivity index (χ0) is 15.7. The van der Waals surface area contributed by atoms with Crippen LogP contribution in [0.25, 0.3) is 0 Å². The van der Waals surface area contributed by atoms with Gasteiger partial charge < -0.3 is 10.5 Å². The van der Waals surface area contributed by atoms with E-state index in [0.29, 0.717) is 27.7 Å². The number of aromatic nitrogens is 1. The molecule has 0 aliphatic carbocycles. The van der Waals surface area contributed by atoms with E-state index in [0.717, 1.165) is 0 Å². The van der Waals surface area contributed by atoms with E-state index in [9.17, 15) is 10.0 Å². The van der Waals surface area contributed by atoms with Gasteiger partial charge in [-0.3, -0.25) is 10.0 Å². The molecule has 0 bridgehead atoms. The number of carbonyl (C=O) groups excluding carboxylic acids is 1. The second-order valence-electron chi connectivity index (χ2n) is 4.86. The molecule has 3 N–H and O–H groups in total. The molecule has 1 aliphatic rings. The van der Waals surface area contributed by atoms with Crippen molar-refractivity contribution in [3.8, 4) is 17.6 Å². The maximum Gasteiger partial charge on any atom is 0.269 e. The highest BCUT2D eigenvalue weighted by Crippen LogP contribution is 2.29. The molecule has 110 valence electrons. The summed E-state index contributed by atoms with van der Waals surface area (Å²) in [6.07, 6.45) is 1.67. The molecule has 22 heavy (non-hydrogen) atoms. The van der Waals surface area contributed by atoms with Crippen molar-refractivity contribution in [2.75, 3.05) is 5.06 Å². The van der Waals surface area contributed by atoms with Gasteiger partial charge in [0.1, 0.15) is 11.5 Å². The third-order valence-corrected chi connectivity index (χ3v) is 3.28. The fourth-order valence-corrected chi connectivity index (χ4v) is 2.23. The molecule has 1 amide bonds. The predicted octanol–water partition coefficient (Wildman–Crippen LogP) is 1.35. The van der Waals surface area contributed by atoms with Gasteiger partial charge in [0.15, 0.2) is 5.82 Å². The molecule has 0 unspecified atom stereocenters. The average Bonchev–Trinajstić information content (AvgIpc) is 2.53. The molecule has 7 nitrogen and oxygen atoms in total. The van der Waals surface area contributed by atoms with Gasteiger partial charge in [0.2, 0.25) is 0 Å². The Hall–Kier alpha value is -2.95. The van der Waals surface area contributed by atoms with Crippen molar-refractivity contribution in [2.24, 2.45) is 5.73 Å². The van der Waals surface area contributed by atoms with Crippen molar-refractivity contribution < 1.29 is 14.7 Å². The minimum absolute atomic E-state index is 0.157. The Balaban J connectivity index is 1.89. The molecule has 0 saturated carbocycles. The number of hydrogen-bond donors (Lipinski definition) is 2. The molecule has 0 saturated heterocycles. The van der Waals surface area contributed by atoms with E-state index in [-0.39, 0.29) is 12.2 Å². The predicted molar refractivity (Wildman–Crippen MR) is 76.4 cm³/mol. The summed E-state index contributed by atoms with van der Waals surface area (Å²) in [5.74, 6) is 0.502. The van der Waals surface area contributed by atoms with E-state index in [1.165, 1.54) is 6.20 Å². The summed E-state index contributed by atoms with van der Waals surface area (Å²) in [4.78, 5) is 15.6. The summed E-state index contributed by atoms with van der Waals surface area (Å²) in [7, 11) is 0. The van der Waals surface area contributed by atoms with Gasteiger partial charge in [-0.05, 0) is 24.3 Å². The first-order chi connectivity index (χ1) is 10.6.